The molecular weight excluding hydrogens is 195 g/mol. The molecule has 0 radical (unpaired) electrons. The average molecular weight is 205 g/mol. The van der Waals surface area contributed by atoms with Crippen LogP contribution in [0.4, 0.5) is 13.2 Å². The Kier molecular flexibility index (Phi) is 2.98. The van der Waals surface area contributed by atoms with Gasteiger partial charge in [-0.25, -0.2) is 0 Å². The van der Waals surface area contributed by atoms with Crippen LogP contribution in [-0.2, 0) is 4.79 Å². The van der Waals surface area contributed by atoms with E-state index in [1.165, 1.54) is 19.2 Å². The second-order valence-corrected chi connectivity index (χ2v) is 2.99. The van der Waals surface area contributed by atoms with Crippen LogP contribution in [0.25, 0.3) is 0 Å². The Morgan fingerprint density at radius 1 is 1.57 bits per heavy atom. The van der Waals surface area contributed by atoms with Crippen LogP contribution in [0, 0.1) is 5.92 Å². The number of amides is 1. The van der Waals surface area contributed by atoms with Gasteiger partial charge in [0.1, 0.15) is 0 Å². The largest absolute Gasteiger partial charge is 0.395 e. The van der Waals surface area contributed by atoms with Gasteiger partial charge in [-0.15, -0.1) is 0 Å². The molecule has 78 valence electrons. The highest BCUT2D eigenvalue weighted by molar-refractivity contribution is 5.96. The van der Waals surface area contributed by atoms with E-state index in [0.717, 1.165) is 6.08 Å². The molecule has 0 aromatic rings. The van der Waals surface area contributed by atoms with Gasteiger partial charge in [0, 0.05) is 12.6 Å². The van der Waals surface area contributed by atoms with Crippen LogP contribution in [0.15, 0.2) is 23.8 Å². The third-order valence-corrected chi connectivity index (χ3v) is 1.98. The van der Waals surface area contributed by atoms with Crippen LogP contribution in [0.5, 0.6) is 0 Å². The third-order valence-electron chi connectivity index (χ3n) is 1.98. The maximum absolute atomic E-state index is 12.3. The molecule has 0 saturated carbocycles. The average Bonchev–Trinajstić information content (AvgIpc) is 2.15. The molecule has 0 heterocycles. The van der Waals surface area contributed by atoms with Crippen molar-refractivity contribution in [3.63, 3.8) is 0 Å². The van der Waals surface area contributed by atoms with Crippen molar-refractivity contribution in [2.75, 3.05) is 7.05 Å². The number of hydrogen-bond acceptors (Lipinski definition) is 1. The minimum atomic E-state index is -4.27. The van der Waals surface area contributed by atoms with Crippen LogP contribution in [0.3, 0.4) is 0 Å². The monoisotopic (exact) mass is 205 g/mol. The Hall–Kier alpha value is -1.26. The van der Waals surface area contributed by atoms with Crippen molar-refractivity contribution in [2.45, 2.75) is 12.6 Å². The first-order valence-corrected chi connectivity index (χ1v) is 4.12. The standard InChI is InChI=1S/C9H10F3NO/c1-13-8(14)6-3-2-4-7(5-6)9(10,11)12/h2-3,5,7H,4H2,1H3,(H,13,14). The molecule has 1 unspecified atom stereocenters. The molecule has 2 nitrogen and oxygen atoms in total. The number of allylic oxidation sites excluding steroid dienone is 2. The zero-order valence-electron chi connectivity index (χ0n) is 7.56. The van der Waals surface area contributed by atoms with Gasteiger partial charge >= 0.3 is 6.18 Å². The van der Waals surface area contributed by atoms with Gasteiger partial charge in [-0.2, -0.15) is 13.2 Å². The van der Waals surface area contributed by atoms with Crippen molar-refractivity contribution in [2.24, 2.45) is 5.92 Å². The summed E-state index contributed by atoms with van der Waals surface area (Å²) in [6, 6.07) is 0. The Morgan fingerprint density at radius 3 is 2.71 bits per heavy atom. The quantitative estimate of drug-likeness (QED) is 0.694. The molecule has 1 N–H and O–H groups in total. The number of likely N-dealkylation sites (N-methyl/N-ethyl adjacent to an activating group) is 1. The number of nitrogens with one attached hydrogen (secondary N) is 1. The predicted molar refractivity (Wildman–Crippen MR) is 45.5 cm³/mol. The molecule has 1 aliphatic rings. The SMILES string of the molecule is CNC(=O)C1=CC(C(F)(F)F)CC=C1. The molecule has 1 atom stereocenters. The Bertz CT molecular complexity index is 291. The van der Waals surface area contributed by atoms with Crippen molar-refractivity contribution >= 4 is 5.91 Å². The van der Waals surface area contributed by atoms with E-state index in [0.29, 0.717) is 0 Å². The second kappa shape index (κ2) is 3.86. The van der Waals surface area contributed by atoms with Crippen LogP contribution < -0.4 is 5.32 Å². The maximum atomic E-state index is 12.3. The molecule has 0 aliphatic heterocycles. The first-order chi connectivity index (χ1) is 6.45. The van der Waals surface area contributed by atoms with Gasteiger partial charge in [0.15, 0.2) is 0 Å². The van der Waals surface area contributed by atoms with Gasteiger partial charge in [0.05, 0.1) is 5.92 Å². The molecule has 0 bridgehead atoms. The molecule has 1 aliphatic carbocycles. The van der Waals surface area contributed by atoms with E-state index in [4.69, 9.17) is 0 Å². The number of carbonyl (C=O) groups excluding carboxylic acids is 1. The van der Waals surface area contributed by atoms with Gasteiger partial charge < -0.3 is 5.32 Å². The molecule has 1 rings (SSSR count). The van der Waals surface area contributed by atoms with Crippen molar-refractivity contribution in [1.29, 1.82) is 0 Å². The summed E-state index contributed by atoms with van der Waals surface area (Å²) in [6.07, 6.45) is -0.642. The topological polar surface area (TPSA) is 29.1 Å². The fraction of sp³-hybridized carbons (Fsp3) is 0.444. The molecule has 0 spiro atoms. The summed E-state index contributed by atoms with van der Waals surface area (Å²) >= 11 is 0. The van der Waals surface area contributed by atoms with E-state index in [2.05, 4.69) is 5.32 Å². The fourth-order valence-electron chi connectivity index (χ4n) is 1.21. The van der Waals surface area contributed by atoms with Crippen molar-refractivity contribution < 1.29 is 18.0 Å². The summed E-state index contributed by atoms with van der Waals surface area (Å²) in [5, 5.41) is 2.28. The molecule has 1 amide bonds. The minimum absolute atomic E-state index is 0.0704. The predicted octanol–water partition coefficient (Wildman–Crippen LogP) is 1.80. The number of hydrogen-bond donors (Lipinski definition) is 1. The molecular formula is C9H10F3NO. The van der Waals surface area contributed by atoms with Crippen LogP contribution in [-0.4, -0.2) is 19.1 Å². The Balaban J connectivity index is 2.83. The highest BCUT2D eigenvalue weighted by Gasteiger charge is 2.38. The first-order valence-electron chi connectivity index (χ1n) is 4.12. The summed E-state index contributed by atoms with van der Waals surface area (Å²) in [7, 11) is 1.38. The number of alkyl halides is 3. The van der Waals surface area contributed by atoms with E-state index in [-0.39, 0.29) is 12.0 Å². The lowest BCUT2D eigenvalue weighted by molar-refractivity contribution is -0.160. The Labute approximate surface area is 79.5 Å². The van der Waals surface area contributed by atoms with Gasteiger partial charge in [-0.05, 0) is 6.42 Å². The lowest BCUT2D eigenvalue weighted by Gasteiger charge is -2.18. The van der Waals surface area contributed by atoms with Crippen LogP contribution in [0.1, 0.15) is 6.42 Å². The first kappa shape index (κ1) is 10.8. The zero-order valence-corrected chi connectivity index (χ0v) is 7.56. The summed E-state index contributed by atoms with van der Waals surface area (Å²) in [4.78, 5) is 11.0. The number of carbonyl (C=O) groups is 1. The summed E-state index contributed by atoms with van der Waals surface area (Å²) in [5.41, 5.74) is 0.0704. The number of rotatable bonds is 1. The highest BCUT2D eigenvalue weighted by Crippen LogP contribution is 2.33. The van der Waals surface area contributed by atoms with E-state index >= 15 is 0 Å². The fourth-order valence-corrected chi connectivity index (χ4v) is 1.21. The van der Waals surface area contributed by atoms with Crippen molar-refractivity contribution in [3.05, 3.63) is 23.8 Å². The Morgan fingerprint density at radius 2 is 2.21 bits per heavy atom. The normalized spacial score (nSPS) is 21.7. The summed E-state index contributed by atoms with van der Waals surface area (Å²) in [6.45, 7) is 0. The van der Waals surface area contributed by atoms with E-state index in [1.54, 1.807) is 0 Å². The zero-order chi connectivity index (χ0) is 10.8. The van der Waals surface area contributed by atoms with Gasteiger partial charge in [0.2, 0.25) is 0 Å². The van der Waals surface area contributed by atoms with Crippen LogP contribution in [0.2, 0.25) is 0 Å². The summed E-state index contributed by atoms with van der Waals surface area (Å²) < 4.78 is 36.8. The third kappa shape index (κ3) is 2.37. The lowest BCUT2D eigenvalue weighted by atomic mass is 9.95. The van der Waals surface area contributed by atoms with Crippen molar-refractivity contribution in [1.82, 2.24) is 5.32 Å². The molecule has 14 heavy (non-hydrogen) atoms. The minimum Gasteiger partial charge on any atom is -0.355 e. The second-order valence-electron chi connectivity index (χ2n) is 2.99. The lowest BCUT2D eigenvalue weighted by Crippen LogP contribution is -2.26. The van der Waals surface area contributed by atoms with E-state index < -0.39 is 18.0 Å². The van der Waals surface area contributed by atoms with Gasteiger partial charge in [-0.3, -0.25) is 4.79 Å². The van der Waals surface area contributed by atoms with Crippen LogP contribution >= 0.6 is 0 Å². The highest BCUT2D eigenvalue weighted by atomic mass is 19.4. The molecule has 0 fully saturated rings. The molecule has 0 aromatic carbocycles. The van der Waals surface area contributed by atoms with E-state index in [1.807, 2.05) is 0 Å². The van der Waals surface area contributed by atoms with Gasteiger partial charge in [-0.1, -0.05) is 18.2 Å². The molecule has 0 saturated heterocycles. The van der Waals surface area contributed by atoms with Gasteiger partial charge in [0.25, 0.3) is 5.91 Å². The number of halogens is 3. The summed E-state index contributed by atoms with van der Waals surface area (Å²) in [5.74, 6) is -2.03. The molecule has 0 aromatic heterocycles. The molecule has 5 heteroatoms. The van der Waals surface area contributed by atoms with Crippen molar-refractivity contribution in [3.8, 4) is 0 Å². The van der Waals surface area contributed by atoms with E-state index in [9.17, 15) is 18.0 Å². The maximum Gasteiger partial charge on any atom is 0.395 e. The smallest absolute Gasteiger partial charge is 0.355 e.